The largest absolute Gasteiger partial charge is 0.462 e. The molecule has 0 aliphatic heterocycles. The summed E-state index contributed by atoms with van der Waals surface area (Å²) >= 11 is 0. The molecule has 3 unspecified atom stereocenters. The van der Waals surface area contributed by atoms with Gasteiger partial charge in [-0.25, -0.2) is 0 Å². The molecular formula is C20H27NO3. The van der Waals surface area contributed by atoms with Crippen LogP contribution in [-0.2, 0) is 14.3 Å². The van der Waals surface area contributed by atoms with Crippen molar-refractivity contribution in [2.75, 3.05) is 5.32 Å². The van der Waals surface area contributed by atoms with Gasteiger partial charge in [-0.15, -0.1) is 0 Å². The lowest BCUT2D eigenvalue weighted by molar-refractivity contribution is -0.157. The Labute approximate surface area is 144 Å². The first-order valence-electron chi connectivity index (χ1n) is 8.66. The maximum absolute atomic E-state index is 12.7. The van der Waals surface area contributed by atoms with Gasteiger partial charge in [-0.3, -0.25) is 9.59 Å². The number of carbonyl (C=O) groups is 2. The summed E-state index contributed by atoms with van der Waals surface area (Å²) in [5.41, 5.74) is 2.99. The summed E-state index contributed by atoms with van der Waals surface area (Å²) in [4.78, 5) is 25.2. The SMILES string of the molecule is CCC(C)OC(=O)C1CC=CCC1C(=O)Nc1cccc(C)c1C. The van der Waals surface area contributed by atoms with Crippen LogP contribution >= 0.6 is 0 Å². The van der Waals surface area contributed by atoms with E-state index in [0.717, 1.165) is 23.2 Å². The summed E-state index contributed by atoms with van der Waals surface area (Å²) in [5, 5.41) is 2.99. The van der Waals surface area contributed by atoms with Crippen LogP contribution in [0, 0.1) is 25.7 Å². The first-order chi connectivity index (χ1) is 11.4. The van der Waals surface area contributed by atoms with E-state index in [2.05, 4.69) is 5.32 Å². The van der Waals surface area contributed by atoms with Crippen LogP contribution in [0.4, 0.5) is 5.69 Å². The van der Waals surface area contributed by atoms with Crippen molar-refractivity contribution < 1.29 is 14.3 Å². The minimum Gasteiger partial charge on any atom is -0.462 e. The zero-order valence-electron chi connectivity index (χ0n) is 15.0. The highest BCUT2D eigenvalue weighted by molar-refractivity contribution is 5.96. The summed E-state index contributed by atoms with van der Waals surface area (Å²) in [6, 6.07) is 5.83. The summed E-state index contributed by atoms with van der Waals surface area (Å²) in [6.45, 7) is 7.85. The first-order valence-corrected chi connectivity index (χ1v) is 8.66. The number of anilines is 1. The summed E-state index contributed by atoms with van der Waals surface area (Å²) < 4.78 is 5.46. The minimum absolute atomic E-state index is 0.112. The third kappa shape index (κ3) is 4.25. The monoisotopic (exact) mass is 329 g/mol. The van der Waals surface area contributed by atoms with Crippen molar-refractivity contribution in [1.82, 2.24) is 0 Å². The molecule has 1 aliphatic carbocycles. The number of allylic oxidation sites excluding steroid dienone is 2. The fourth-order valence-electron chi connectivity index (χ4n) is 2.85. The molecule has 0 spiro atoms. The van der Waals surface area contributed by atoms with Crippen molar-refractivity contribution in [2.45, 2.75) is 53.1 Å². The number of hydrogen-bond donors (Lipinski definition) is 1. The van der Waals surface area contributed by atoms with Gasteiger partial charge in [0.05, 0.1) is 17.9 Å². The Morgan fingerprint density at radius 2 is 1.88 bits per heavy atom. The molecule has 1 amide bonds. The highest BCUT2D eigenvalue weighted by Gasteiger charge is 2.35. The molecule has 1 aliphatic rings. The molecule has 4 heteroatoms. The third-order valence-corrected chi connectivity index (χ3v) is 4.83. The number of ether oxygens (including phenoxy) is 1. The molecule has 0 heterocycles. The third-order valence-electron chi connectivity index (χ3n) is 4.83. The van der Waals surface area contributed by atoms with E-state index < -0.39 is 5.92 Å². The Hall–Kier alpha value is -2.10. The summed E-state index contributed by atoms with van der Waals surface area (Å²) in [7, 11) is 0. The number of rotatable bonds is 5. The van der Waals surface area contributed by atoms with Crippen LogP contribution < -0.4 is 5.32 Å². The van der Waals surface area contributed by atoms with Crippen LogP contribution in [0.15, 0.2) is 30.4 Å². The fourth-order valence-corrected chi connectivity index (χ4v) is 2.85. The summed E-state index contributed by atoms with van der Waals surface area (Å²) in [6.07, 6.45) is 5.71. The van der Waals surface area contributed by atoms with Crippen LogP contribution in [0.5, 0.6) is 0 Å². The van der Waals surface area contributed by atoms with Crippen molar-refractivity contribution in [3.05, 3.63) is 41.5 Å². The lowest BCUT2D eigenvalue weighted by atomic mass is 9.82. The van der Waals surface area contributed by atoms with Crippen LogP contribution in [0.2, 0.25) is 0 Å². The number of carbonyl (C=O) groups excluding carboxylic acids is 2. The second-order valence-corrected chi connectivity index (χ2v) is 6.55. The van der Waals surface area contributed by atoms with E-state index in [1.807, 2.05) is 58.0 Å². The van der Waals surface area contributed by atoms with Gasteiger partial charge in [-0.1, -0.05) is 31.2 Å². The average Bonchev–Trinajstić information content (AvgIpc) is 2.58. The maximum atomic E-state index is 12.7. The second kappa shape index (κ2) is 8.13. The Morgan fingerprint density at radius 1 is 1.21 bits per heavy atom. The van der Waals surface area contributed by atoms with Gasteiger partial charge in [0.25, 0.3) is 0 Å². The van der Waals surface area contributed by atoms with Crippen molar-refractivity contribution in [1.29, 1.82) is 0 Å². The molecule has 2 rings (SSSR count). The standard InChI is InChI=1S/C20H27NO3/c1-5-14(3)24-20(23)17-11-7-6-10-16(17)19(22)21-18-12-8-9-13(2)15(18)4/h6-9,12,14,16-17H,5,10-11H2,1-4H3,(H,21,22). The van der Waals surface area contributed by atoms with Gasteiger partial charge in [-0.2, -0.15) is 0 Å². The number of hydrogen-bond acceptors (Lipinski definition) is 3. The van der Waals surface area contributed by atoms with Crippen molar-refractivity contribution in [3.8, 4) is 0 Å². The highest BCUT2D eigenvalue weighted by atomic mass is 16.5. The number of aryl methyl sites for hydroxylation is 1. The fraction of sp³-hybridized carbons (Fsp3) is 0.500. The van der Waals surface area contributed by atoms with E-state index in [9.17, 15) is 9.59 Å². The van der Waals surface area contributed by atoms with Gasteiger partial charge in [0.15, 0.2) is 0 Å². The van der Waals surface area contributed by atoms with Crippen molar-refractivity contribution >= 4 is 17.6 Å². The van der Waals surface area contributed by atoms with E-state index in [1.165, 1.54) is 0 Å². The predicted molar refractivity (Wildman–Crippen MR) is 95.7 cm³/mol. The summed E-state index contributed by atoms with van der Waals surface area (Å²) in [5.74, 6) is -1.17. The lowest BCUT2D eigenvalue weighted by Gasteiger charge is -2.27. The van der Waals surface area contributed by atoms with Crippen LogP contribution in [0.25, 0.3) is 0 Å². The molecule has 0 radical (unpaired) electrons. The first kappa shape index (κ1) is 18.2. The van der Waals surface area contributed by atoms with E-state index in [4.69, 9.17) is 4.74 Å². The molecule has 0 saturated heterocycles. The number of nitrogens with one attached hydrogen (secondary N) is 1. The van der Waals surface area contributed by atoms with Gasteiger partial charge in [0, 0.05) is 5.69 Å². The molecule has 0 fully saturated rings. The number of esters is 1. The van der Waals surface area contributed by atoms with Gasteiger partial charge in [0.2, 0.25) is 5.91 Å². The minimum atomic E-state index is -0.408. The molecule has 0 aromatic heterocycles. The molecule has 4 nitrogen and oxygen atoms in total. The van der Waals surface area contributed by atoms with E-state index in [0.29, 0.717) is 12.8 Å². The topological polar surface area (TPSA) is 55.4 Å². The maximum Gasteiger partial charge on any atom is 0.310 e. The van der Waals surface area contributed by atoms with Gasteiger partial charge in [0.1, 0.15) is 0 Å². The zero-order chi connectivity index (χ0) is 17.7. The predicted octanol–water partition coefficient (Wildman–Crippen LogP) is 4.17. The molecule has 1 aromatic rings. The van der Waals surface area contributed by atoms with Crippen molar-refractivity contribution in [3.63, 3.8) is 0 Å². The van der Waals surface area contributed by atoms with E-state index in [1.54, 1.807) is 0 Å². The number of benzene rings is 1. The van der Waals surface area contributed by atoms with E-state index >= 15 is 0 Å². The quantitative estimate of drug-likeness (QED) is 0.652. The molecule has 1 N–H and O–H groups in total. The van der Waals surface area contributed by atoms with Gasteiger partial charge >= 0.3 is 5.97 Å². The molecule has 0 saturated carbocycles. The Balaban J connectivity index is 2.12. The Kier molecular flexibility index (Phi) is 6.18. The van der Waals surface area contributed by atoms with Crippen LogP contribution in [-0.4, -0.2) is 18.0 Å². The zero-order valence-corrected chi connectivity index (χ0v) is 15.0. The smallest absolute Gasteiger partial charge is 0.310 e. The van der Waals surface area contributed by atoms with Gasteiger partial charge < -0.3 is 10.1 Å². The van der Waals surface area contributed by atoms with Gasteiger partial charge in [-0.05, 0) is 57.2 Å². The average molecular weight is 329 g/mol. The Morgan fingerprint density at radius 3 is 2.54 bits per heavy atom. The molecule has 0 bridgehead atoms. The highest BCUT2D eigenvalue weighted by Crippen LogP contribution is 2.29. The molecular weight excluding hydrogens is 302 g/mol. The second-order valence-electron chi connectivity index (χ2n) is 6.55. The lowest BCUT2D eigenvalue weighted by Crippen LogP contribution is -2.36. The number of amides is 1. The molecule has 1 aromatic carbocycles. The van der Waals surface area contributed by atoms with E-state index in [-0.39, 0.29) is 23.9 Å². The van der Waals surface area contributed by atoms with Crippen molar-refractivity contribution in [2.24, 2.45) is 11.8 Å². The molecule has 130 valence electrons. The Bertz CT molecular complexity index is 636. The van der Waals surface area contributed by atoms with Crippen LogP contribution in [0.3, 0.4) is 0 Å². The molecule has 24 heavy (non-hydrogen) atoms. The normalized spacial score (nSPS) is 21.2. The molecule has 3 atom stereocenters. The van der Waals surface area contributed by atoms with Crippen LogP contribution in [0.1, 0.15) is 44.2 Å².